The predicted molar refractivity (Wildman–Crippen MR) is 89.7 cm³/mol. The molecule has 3 N–H and O–H groups in total. The smallest absolute Gasteiger partial charge is 0.269 e. The van der Waals surface area contributed by atoms with E-state index < -0.39 is 5.41 Å². The molecule has 0 fully saturated rings. The Labute approximate surface area is 138 Å². The first-order valence-corrected chi connectivity index (χ1v) is 7.49. The average molecular weight is 372 g/mol. The SMILES string of the molecule is Cc1ccc(C(=O)NNC(=S)NC(=O)C(C)(C)C)cc1Br. The van der Waals surface area contributed by atoms with Crippen molar-refractivity contribution in [3.63, 3.8) is 0 Å². The van der Waals surface area contributed by atoms with E-state index in [0.29, 0.717) is 5.56 Å². The number of thiocarbonyl (C=S) groups is 1. The predicted octanol–water partition coefficient (Wildman–Crippen LogP) is 2.44. The molecule has 0 heterocycles. The highest BCUT2D eigenvalue weighted by molar-refractivity contribution is 9.10. The number of carbonyl (C=O) groups excluding carboxylic acids is 2. The van der Waals surface area contributed by atoms with Crippen LogP contribution in [0, 0.1) is 12.3 Å². The van der Waals surface area contributed by atoms with Gasteiger partial charge in [-0.2, -0.15) is 0 Å². The minimum atomic E-state index is -0.558. The van der Waals surface area contributed by atoms with E-state index in [0.717, 1.165) is 10.0 Å². The molecule has 0 radical (unpaired) electrons. The fourth-order valence-corrected chi connectivity index (χ4v) is 1.76. The van der Waals surface area contributed by atoms with E-state index in [4.69, 9.17) is 12.2 Å². The Morgan fingerprint density at radius 3 is 2.33 bits per heavy atom. The van der Waals surface area contributed by atoms with Crippen LogP contribution in [0.1, 0.15) is 36.7 Å². The third kappa shape index (κ3) is 5.43. The summed E-state index contributed by atoms with van der Waals surface area (Å²) in [7, 11) is 0. The van der Waals surface area contributed by atoms with Gasteiger partial charge in [-0.05, 0) is 36.8 Å². The summed E-state index contributed by atoms with van der Waals surface area (Å²) in [4.78, 5) is 23.6. The molecule has 1 rings (SSSR count). The average Bonchev–Trinajstić information content (AvgIpc) is 2.38. The van der Waals surface area contributed by atoms with E-state index >= 15 is 0 Å². The van der Waals surface area contributed by atoms with E-state index in [1.165, 1.54) is 0 Å². The highest BCUT2D eigenvalue weighted by Gasteiger charge is 2.22. The maximum Gasteiger partial charge on any atom is 0.269 e. The summed E-state index contributed by atoms with van der Waals surface area (Å²) in [6.07, 6.45) is 0. The molecule has 21 heavy (non-hydrogen) atoms. The Balaban J connectivity index is 2.55. The van der Waals surface area contributed by atoms with Crippen molar-refractivity contribution < 1.29 is 9.59 Å². The Kier molecular flexibility index (Phi) is 5.86. The van der Waals surface area contributed by atoms with Gasteiger partial charge in [0.05, 0.1) is 0 Å². The molecule has 1 aromatic rings. The van der Waals surface area contributed by atoms with Gasteiger partial charge in [-0.3, -0.25) is 20.4 Å². The maximum atomic E-state index is 11.9. The van der Waals surface area contributed by atoms with Gasteiger partial charge in [0.25, 0.3) is 5.91 Å². The third-order valence-electron chi connectivity index (χ3n) is 2.63. The van der Waals surface area contributed by atoms with E-state index in [1.54, 1.807) is 32.9 Å². The number of hydrogen-bond donors (Lipinski definition) is 3. The number of rotatable bonds is 1. The van der Waals surface area contributed by atoms with Crippen molar-refractivity contribution in [2.45, 2.75) is 27.7 Å². The Bertz CT molecular complexity index is 582. The molecule has 0 spiro atoms. The van der Waals surface area contributed by atoms with Gasteiger partial charge in [0.15, 0.2) is 5.11 Å². The van der Waals surface area contributed by atoms with Crippen LogP contribution >= 0.6 is 28.1 Å². The van der Waals surface area contributed by atoms with E-state index in [2.05, 4.69) is 32.1 Å². The van der Waals surface area contributed by atoms with E-state index in [1.807, 2.05) is 13.0 Å². The number of benzene rings is 1. The number of hydrogen-bond acceptors (Lipinski definition) is 3. The molecule has 5 nitrogen and oxygen atoms in total. The lowest BCUT2D eigenvalue weighted by Gasteiger charge is -2.18. The monoisotopic (exact) mass is 371 g/mol. The first-order valence-electron chi connectivity index (χ1n) is 6.29. The topological polar surface area (TPSA) is 70.2 Å². The van der Waals surface area contributed by atoms with Gasteiger partial charge in [0.2, 0.25) is 5.91 Å². The maximum absolute atomic E-state index is 11.9. The van der Waals surface area contributed by atoms with E-state index in [-0.39, 0.29) is 16.9 Å². The minimum Gasteiger partial charge on any atom is -0.301 e. The molecule has 7 heteroatoms. The van der Waals surface area contributed by atoms with Gasteiger partial charge < -0.3 is 5.32 Å². The summed E-state index contributed by atoms with van der Waals surface area (Å²) in [6.45, 7) is 7.25. The molecular formula is C14H18BrN3O2S. The van der Waals surface area contributed by atoms with Crippen molar-refractivity contribution in [1.29, 1.82) is 0 Å². The lowest BCUT2D eigenvalue weighted by molar-refractivity contribution is -0.126. The molecule has 0 aromatic heterocycles. The number of amides is 2. The molecule has 0 aliphatic carbocycles. The summed E-state index contributed by atoms with van der Waals surface area (Å²) < 4.78 is 0.846. The minimum absolute atomic E-state index is 0.0504. The second-order valence-electron chi connectivity index (χ2n) is 5.58. The zero-order valence-corrected chi connectivity index (χ0v) is 14.7. The van der Waals surface area contributed by atoms with Crippen molar-refractivity contribution in [3.05, 3.63) is 33.8 Å². The Hall–Kier alpha value is -1.47. The number of halogens is 1. The molecular weight excluding hydrogens is 354 g/mol. The van der Waals surface area contributed by atoms with Gasteiger partial charge in [-0.1, -0.05) is 42.8 Å². The van der Waals surface area contributed by atoms with Crippen LogP contribution in [-0.2, 0) is 4.79 Å². The summed E-state index contributed by atoms with van der Waals surface area (Å²) in [5.74, 6) is -0.574. The van der Waals surface area contributed by atoms with Crippen molar-refractivity contribution in [2.24, 2.45) is 5.41 Å². The molecule has 0 aliphatic rings. The number of aryl methyl sites for hydroxylation is 1. The molecule has 0 unspecified atom stereocenters. The van der Waals surface area contributed by atoms with Crippen molar-refractivity contribution in [3.8, 4) is 0 Å². The second-order valence-corrected chi connectivity index (χ2v) is 6.84. The van der Waals surface area contributed by atoms with Crippen molar-refractivity contribution in [2.75, 3.05) is 0 Å². The van der Waals surface area contributed by atoms with Crippen molar-refractivity contribution in [1.82, 2.24) is 16.2 Å². The Morgan fingerprint density at radius 1 is 1.19 bits per heavy atom. The summed E-state index contributed by atoms with van der Waals surface area (Å²) in [5, 5.41) is 2.56. The lowest BCUT2D eigenvalue weighted by Crippen LogP contribution is -2.50. The fraction of sp³-hybridized carbons (Fsp3) is 0.357. The summed E-state index contributed by atoms with van der Waals surface area (Å²) in [5.41, 5.74) is 5.89. The standard InChI is InChI=1S/C14H18BrN3O2S/c1-8-5-6-9(7-10(8)15)11(19)17-18-13(21)16-12(20)14(2,3)4/h5-7H,1-4H3,(H,17,19)(H2,16,18,20,21). The highest BCUT2D eigenvalue weighted by Crippen LogP contribution is 2.17. The molecule has 0 aliphatic heterocycles. The summed E-state index contributed by atoms with van der Waals surface area (Å²) in [6, 6.07) is 5.25. The van der Waals surface area contributed by atoms with Crippen LogP contribution < -0.4 is 16.2 Å². The van der Waals surface area contributed by atoms with Gasteiger partial charge >= 0.3 is 0 Å². The van der Waals surface area contributed by atoms with Gasteiger partial charge in [0, 0.05) is 15.5 Å². The van der Waals surface area contributed by atoms with Crippen molar-refractivity contribution >= 4 is 45.1 Å². The molecule has 2 amide bonds. The first kappa shape index (κ1) is 17.6. The zero-order chi connectivity index (χ0) is 16.2. The van der Waals surface area contributed by atoms with Crippen LogP contribution in [0.2, 0.25) is 0 Å². The van der Waals surface area contributed by atoms with Crippen LogP contribution in [0.3, 0.4) is 0 Å². The molecule has 0 bridgehead atoms. The molecule has 0 atom stereocenters. The first-order chi connectivity index (χ1) is 9.61. The molecule has 0 saturated heterocycles. The fourth-order valence-electron chi connectivity index (χ4n) is 1.24. The van der Waals surface area contributed by atoms with E-state index in [9.17, 15) is 9.59 Å². The quantitative estimate of drug-likeness (QED) is 0.523. The molecule has 0 saturated carbocycles. The van der Waals surface area contributed by atoms with Crippen LogP contribution in [0.4, 0.5) is 0 Å². The highest BCUT2D eigenvalue weighted by atomic mass is 79.9. The Morgan fingerprint density at radius 2 is 1.81 bits per heavy atom. The van der Waals surface area contributed by atoms with Crippen LogP contribution in [0.25, 0.3) is 0 Å². The number of nitrogens with one attached hydrogen (secondary N) is 3. The third-order valence-corrected chi connectivity index (χ3v) is 3.69. The van der Waals surface area contributed by atoms with Crippen LogP contribution in [0.15, 0.2) is 22.7 Å². The summed E-state index contributed by atoms with van der Waals surface area (Å²) >= 11 is 8.31. The number of hydrazine groups is 1. The zero-order valence-electron chi connectivity index (χ0n) is 12.3. The van der Waals surface area contributed by atoms with Gasteiger partial charge in [-0.15, -0.1) is 0 Å². The number of carbonyl (C=O) groups is 2. The van der Waals surface area contributed by atoms with Crippen LogP contribution in [-0.4, -0.2) is 16.9 Å². The van der Waals surface area contributed by atoms with Crippen LogP contribution in [0.5, 0.6) is 0 Å². The lowest BCUT2D eigenvalue weighted by atomic mass is 9.96. The molecule has 1 aromatic carbocycles. The molecule has 114 valence electrons. The van der Waals surface area contributed by atoms with Gasteiger partial charge in [-0.25, -0.2) is 0 Å². The second kappa shape index (κ2) is 7.00. The largest absolute Gasteiger partial charge is 0.301 e. The van der Waals surface area contributed by atoms with Gasteiger partial charge in [0.1, 0.15) is 0 Å². The normalized spacial score (nSPS) is 10.7.